The minimum atomic E-state index is -1.76. The SMILES string of the molecule is O=C(O)C(=O)Nc1nc(Oc2cccc(F)c2)sc1C(=O)NCc1cc(Cl)cc(Cl)c1. The third kappa shape index (κ3) is 6.14. The molecule has 8 nitrogen and oxygen atoms in total. The highest BCUT2D eigenvalue weighted by Crippen LogP contribution is 2.32. The van der Waals surface area contributed by atoms with E-state index in [1.54, 1.807) is 12.1 Å². The molecule has 31 heavy (non-hydrogen) atoms. The summed E-state index contributed by atoms with van der Waals surface area (Å²) in [4.78, 5) is 38.9. The van der Waals surface area contributed by atoms with Crippen molar-refractivity contribution in [1.29, 1.82) is 0 Å². The van der Waals surface area contributed by atoms with E-state index >= 15 is 0 Å². The zero-order valence-electron chi connectivity index (χ0n) is 15.3. The van der Waals surface area contributed by atoms with E-state index in [0.29, 0.717) is 15.6 Å². The van der Waals surface area contributed by atoms with E-state index in [2.05, 4.69) is 10.3 Å². The van der Waals surface area contributed by atoms with Gasteiger partial charge in [-0.2, -0.15) is 4.98 Å². The van der Waals surface area contributed by atoms with Crippen molar-refractivity contribution in [3.8, 4) is 10.9 Å². The average molecular weight is 484 g/mol. The highest BCUT2D eigenvalue weighted by atomic mass is 35.5. The first kappa shape index (κ1) is 22.5. The van der Waals surface area contributed by atoms with Gasteiger partial charge in [0.2, 0.25) is 0 Å². The minimum Gasteiger partial charge on any atom is -0.474 e. The number of anilines is 1. The topological polar surface area (TPSA) is 118 Å². The van der Waals surface area contributed by atoms with E-state index in [1.165, 1.54) is 24.3 Å². The summed E-state index contributed by atoms with van der Waals surface area (Å²) in [6.45, 7) is 0.0451. The van der Waals surface area contributed by atoms with Crippen LogP contribution in [-0.2, 0) is 16.1 Å². The Bertz CT molecular complexity index is 1150. The Labute approximate surface area is 188 Å². The lowest BCUT2D eigenvalue weighted by Gasteiger charge is -2.06. The molecule has 2 amide bonds. The Morgan fingerprint density at radius 2 is 1.84 bits per heavy atom. The zero-order valence-corrected chi connectivity index (χ0v) is 17.6. The number of halogens is 3. The number of hydrogen-bond donors (Lipinski definition) is 3. The molecule has 1 aromatic heterocycles. The van der Waals surface area contributed by atoms with Gasteiger partial charge in [-0.05, 0) is 35.9 Å². The molecule has 0 aliphatic heterocycles. The molecule has 0 saturated carbocycles. The second-order valence-corrected chi connectivity index (χ2v) is 7.77. The van der Waals surface area contributed by atoms with Crippen LogP contribution in [0, 0.1) is 5.82 Å². The minimum absolute atomic E-state index is 0.0451. The number of nitrogens with zero attached hydrogens (tertiary/aromatic N) is 1. The Kier molecular flexibility index (Phi) is 7.06. The van der Waals surface area contributed by atoms with E-state index in [-0.39, 0.29) is 28.2 Å². The largest absolute Gasteiger partial charge is 0.474 e. The lowest BCUT2D eigenvalue weighted by molar-refractivity contribution is -0.147. The second kappa shape index (κ2) is 9.73. The number of carboxylic acid groups (broad SMARTS) is 1. The maximum atomic E-state index is 13.4. The standard InChI is InChI=1S/C19H12Cl2FN3O5S/c20-10-4-9(5-11(21)6-10)8-23-16(26)14-15(24-17(27)18(28)29)25-19(31-14)30-13-3-1-2-12(22)7-13/h1-7H,8H2,(H,23,26)(H,24,27)(H,28,29). The molecular formula is C19H12Cl2FN3O5S. The Morgan fingerprint density at radius 1 is 1.13 bits per heavy atom. The number of carboxylic acids is 1. The number of benzene rings is 2. The van der Waals surface area contributed by atoms with Gasteiger partial charge in [-0.1, -0.05) is 40.6 Å². The Hall–Kier alpha value is -3.21. The third-order valence-corrected chi connectivity index (χ3v) is 4.99. The second-order valence-electron chi connectivity index (χ2n) is 5.94. The van der Waals surface area contributed by atoms with Gasteiger partial charge in [-0.25, -0.2) is 9.18 Å². The quantitative estimate of drug-likeness (QED) is 0.449. The number of amides is 2. The number of aromatic nitrogens is 1. The molecule has 3 aromatic rings. The first-order chi connectivity index (χ1) is 14.7. The molecule has 2 aromatic carbocycles. The average Bonchev–Trinajstić information content (AvgIpc) is 3.07. The number of thiazole rings is 1. The van der Waals surface area contributed by atoms with Crippen molar-refractivity contribution < 1.29 is 28.6 Å². The molecule has 160 valence electrons. The van der Waals surface area contributed by atoms with Crippen LogP contribution in [0.15, 0.2) is 42.5 Å². The van der Waals surface area contributed by atoms with Crippen molar-refractivity contribution in [2.45, 2.75) is 6.54 Å². The Morgan fingerprint density at radius 3 is 2.48 bits per heavy atom. The summed E-state index contributed by atoms with van der Waals surface area (Å²) in [5, 5.41) is 14.1. The molecule has 12 heteroatoms. The van der Waals surface area contributed by atoms with E-state index in [1.807, 2.05) is 5.32 Å². The number of nitrogens with one attached hydrogen (secondary N) is 2. The van der Waals surface area contributed by atoms with Crippen molar-refractivity contribution in [3.05, 3.63) is 68.8 Å². The lowest BCUT2D eigenvalue weighted by atomic mass is 10.2. The predicted octanol–water partition coefficient (Wildman–Crippen LogP) is 4.33. The zero-order chi connectivity index (χ0) is 22.5. The number of carbonyl (C=O) groups is 3. The summed E-state index contributed by atoms with van der Waals surface area (Å²) in [6.07, 6.45) is 0. The fraction of sp³-hybridized carbons (Fsp3) is 0.0526. The highest BCUT2D eigenvalue weighted by molar-refractivity contribution is 7.16. The molecule has 0 aliphatic rings. The van der Waals surface area contributed by atoms with E-state index in [4.69, 9.17) is 33.0 Å². The molecule has 0 fully saturated rings. The van der Waals surface area contributed by atoms with Crippen LogP contribution in [0.1, 0.15) is 15.2 Å². The summed E-state index contributed by atoms with van der Waals surface area (Å²) in [5.74, 6) is -4.58. The van der Waals surface area contributed by atoms with Gasteiger partial charge in [0.25, 0.3) is 11.1 Å². The third-order valence-electron chi connectivity index (χ3n) is 3.62. The summed E-state index contributed by atoms with van der Waals surface area (Å²) in [5.41, 5.74) is 0.614. The van der Waals surface area contributed by atoms with Gasteiger partial charge in [-0.15, -0.1) is 0 Å². The van der Waals surface area contributed by atoms with Crippen LogP contribution >= 0.6 is 34.5 Å². The van der Waals surface area contributed by atoms with Gasteiger partial charge < -0.3 is 15.2 Å². The van der Waals surface area contributed by atoms with Gasteiger partial charge >= 0.3 is 11.9 Å². The van der Waals surface area contributed by atoms with Crippen molar-refractivity contribution in [3.63, 3.8) is 0 Å². The van der Waals surface area contributed by atoms with E-state index < -0.39 is 23.6 Å². The molecule has 0 saturated heterocycles. The van der Waals surface area contributed by atoms with E-state index in [9.17, 15) is 18.8 Å². The van der Waals surface area contributed by atoms with Crippen LogP contribution in [0.2, 0.25) is 10.0 Å². The number of ether oxygens (including phenoxy) is 1. The summed E-state index contributed by atoms with van der Waals surface area (Å²) >= 11 is 12.6. The van der Waals surface area contributed by atoms with Crippen LogP contribution in [0.5, 0.6) is 10.9 Å². The predicted molar refractivity (Wildman–Crippen MR) is 112 cm³/mol. The van der Waals surface area contributed by atoms with Crippen LogP contribution in [0.4, 0.5) is 10.2 Å². The number of carbonyl (C=O) groups excluding carboxylic acids is 2. The molecule has 0 aliphatic carbocycles. The molecule has 3 N–H and O–H groups in total. The maximum absolute atomic E-state index is 13.4. The first-order valence-electron chi connectivity index (χ1n) is 8.43. The normalized spacial score (nSPS) is 10.4. The Balaban J connectivity index is 1.83. The van der Waals surface area contributed by atoms with Gasteiger partial charge in [0, 0.05) is 22.7 Å². The number of hydrogen-bond acceptors (Lipinski definition) is 6. The van der Waals surface area contributed by atoms with Crippen LogP contribution in [0.3, 0.4) is 0 Å². The summed E-state index contributed by atoms with van der Waals surface area (Å²) in [7, 11) is 0. The van der Waals surface area contributed by atoms with Crippen molar-refractivity contribution in [2.75, 3.05) is 5.32 Å². The maximum Gasteiger partial charge on any atom is 0.394 e. The van der Waals surface area contributed by atoms with E-state index in [0.717, 1.165) is 17.4 Å². The molecule has 1 heterocycles. The first-order valence-corrected chi connectivity index (χ1v) is 10.00. The number of aliphatic carboxylic acids is 1. The van der Waals surface area contributed by atoms with Crippen molar-refractivity contribution >= 4 is 58.1 Å². The highest BCUT2D eigenvalue weighted by Gasteiger charge is 2.23. The molecule has 0 unspecified atom stereocenters. The molecule has 3 rings (SSSR count). The monoisotopic (exact) mass is 483 g/mol. The number of rotatable bonds is 6. The van der Waals surface area contributed by atoms with Crippen molar-refractivity contribution in [1.82, 2.24) is 10.3 Å². The van der Waals surface area contributed by atoms with Gasteiger partial charge in [0.15, 0.2) is 5.82 Å². The molecule has 0 atom stereocenters. The van der Waals surface area contributed by atoms with Crippen molar-refractivity contribution in [2.24, 2.45) is 0 Å². The summed E-state index contributed by atoms with van der Waals surface area (Å²) < 4.78 is 18.8. The fourth-order valence-corrected chi connectivity index (χ4v) is 3.73. The van der Waals surface area contributed by atoms with Gasteiger partial charge in [0.05, 0.1) is 0 Å². The van der Waals surface area contributed by atoms with Crippen LogP contribution in [0.25, 0.3) is 0 Å². The fourth-order valence-electron chi connectivity index (χ4n) is 2.35. The van der Waals surface area contributed by atoms with Gasteiger partial charge in [-0.3, -0.25) is 14.9 Å². The molecule has 0 spiro atoms. The molecular weight excluding hydrogens is 472 g/mol. The molecule has 0 radical (unpaired) electrons. The van der Waals surface area contributed by atoms with Crippen LogP contribution in [-0.4, -0.2) is 27.9 Å². The summed E-state index contributed by atoms with van der Waals surface area (Å²) in [6, 6.07) is 9.93. The van der Waals surface area contributed by atoms with Crippen LogP contribution < -0.4 is 15.4 Å². The lowest BCUT2D eigenvalue weighted by Crippen LogP contribution is -2.26. The smallest absolute Gasteiger partial charge is 0.394 e. The molecule has 0 bridgehead atoms. The van der Waals surface area contributed by atoms with Gasteiger partial charge in [0.1, 0.15) is 16.4 Å².